The highest BCUT2D eigenvalue weighted by atomic mass is 16.5. The van der Waals surface area contributed by atoms with E-state index in [1.54, 1.807) is 18.1 Å². The van der Waals surface area contributed by atoms with Gasteiger partial charge < -0.3 is 20.3 Å². The van der Waals surface area contributed by atoms with Gasteiger partial charge in [0.15, 0.2) is 0 Å². The molecule has 0 saturated carbocycles. The van der Waals surface area contributed by atoms with Gasteiger partial charge in [-0.25, -0.2) is 14.8 Å². The van der Waals surface area contributed by atoms with Gasteiger partial charge in [0.05, 0.1) is 24.0 Å². The van der Waals surface area contributed by atoms with Crippen molar-refractivity contribution in [2.75, 3.05) is 25.5 Å². The SMILES string of the molecule is COc1cc2ncnc(-c3cn(C)nc3-c3ccccc3)c2cc1NC(=O)N1CCN[C@H](C)[C@@H]1C. The van der Waals surface area contributed by atoms with E-state index in [0.717, 1.165) is 40.0 Å². The second kappa shape index (κ2) is 9.34. The van der Waals surface area contributed by atoms with Crippen LogP contribution < -0.4 is 15.4 Å². The van der Waals surface area contributed by atoms with Crippen LogP contribution >= 0.6 is 0 Å². The number of fused-ring (bicyclic) bond motifs is 1. The molecule has 9 nitrogen and oxygen atoms in total. The minimum Gasteiger partial charge on any atom is -0.494 e. The van der Waals surface area contributed by atoms with Crippen molar-refractivity contribution < 1.29 is 9.53 Å². The number of hydrogen-bond donors (Lipinski definition) is 2. The predicted molar refractivity (Wildman–Crippen MR) is 136 cm³/mol. The zero-order valence-corrected chi connectivity index (χ0v) is 20.3. The van der Waals surface area contributed by atoms with Gasteiger partial charge in [-0.3, -0.25) is 4.68 Å². The maximum atomic E-state index is 13.2. The fraction of sp³-hybridized carbons (Fsp3) is 0.308. The fourth-order valence-corrected chi connectivity index (χ4v) is 4.57. The van der Waals surface area contributed by atoms with Crippen LogP contribution in [0.15, 0.2) is 55.0 Å². The zero-order valence-electron chi connectivity index (χ0n) is 20.3. The number of aryl methyl sites for hydroxylation is 1. The quantitative estimate of drug-likeness (QED) is 0.468. The fourth-order valence-electron chi connectivity index (χ4n) is 4.57. The van der Waals surface area contributed by atoms with Crippen LogP contribution in [-0.4, -0.2) is 63.0 Å². The highest BCUT2D eigenvalue weighted by Gasteiger charge is 2.29. The van der Waals surface area contributed by atoms with Crippen LogP contribution in [0.5, 0.6) is 5.75 Å². The van der Waals surface area contributed by atoms with E-state index in [9.17, 15) is 4.79 Å². The Hall–Kier alpha value is -3.98. The van der Waals surface area contributed by atoms with E-state index in [-0.39, 0.29) is 18.1 Å². The highest BCUT2D eigenvalue weighted by molar-refractivity contribution is 6.01. The van der Waals surface area contributed by atoms with Crippen molar-refractivity contribution in [2.24, 2.45) is 7.05 Å². The third-order valence-electron chi connectivity index (χ3n) is 6.62. The molecule has 2 atom stereocenters. The van der Waals surface area contributed by atoms with E-state index < -0.39 is 0 Å². The number of nitrogens with zero attached hydrogens (tertiary/aromatic N) is 5. The van der Waals surface area contributed by atoms with E-state index in [1.165, 1.54) is 0 Å². The van der Waals surface area contributed by atoms with Gasteiger partial charge in [0.2, 0.25) is 0 Å². The average Bonchev–Trinajstić information content (AvgIpc) is 3.26. The summed E-state index contributed by atoms with van der Waals surface area (Å²) in [4.78, 5) is 24.2. The molecular weight excluding hydrogens is 442 g/mol. The second-order valence-corrected chi connectivity index (χ2v) is 8.83. The molecule has 4 aromatic rings. The minimum atomic E-state index is -0.159. The van der Waals surface area contributed by atoms with Gasteiger partial charge in [-0.2, -0.15) is 5.10 Å². The number of benzene rings is 2. The number of carbonyl (C=O) groups is 1. The van der Waals surface area contributed by atoms with Crippen LogP contribution in [0.1, 0.15) is 13.8 Å². The molecule has 5 rings (SSSR count). The molecule has 1 fully saturated rings. The van der Waals surface area contributed by atoms with Gasteiger partial charge in [-0.1, -0.05) is 30.3 Å². The summed E-state index contributed by atoms with van der Waals surface area (Å²) in [5.74, 6) is 0.542. The molecule has 1 aliphatic rings. The Labute approximate surface area is 204 Å². The Morgan fingerprint density at radius 2 is 1.94 bits per heavy atom. The summed E-state index contributed by atoms with van der Waals surface area (Å²) >= 11 is 0. The van der Waals surface area contributed by atoms with Crippen molar-refractivity contribution in [1.82, 2.24) is 30.0 Å². The van der Waals surface area contributed by atoms with Crippen molar-refractivity contribution in [3.05, 3.63) is 55.0 Å². The lowest BCUT2D eigenvalue weighted by atomic mass is 10.0. The molecule has 3 heterocycles. The third-order valence-corrected chi connectivity index (χ3v) is 6.62. The first-order valence-corrected chi connectivity index (χ1v) is 11.7. The summed E-state index contributed by atoms with van der Waals surface area (Å²) in [6.45, 7) is 5.53. The molecule has 2 aromatic heterocycles. The molecule has 9 heteroatoms. The maximum absolute atomic E-state index is 13.2. The normalized spacial score (nSPS) is 18.0. The number of carbonyl (C=O) groups excluding carboxylic acids is 1. The van der Waals surface area contributed by atoms with E-state index in [2.05, 4.69) is 27.5 Å². The zero-order chi connectivity index (χ0) is 24.5. The Morgan fingerprint density at radius 3 is 2.71 bits per heavy atom. The Morgan fingerprint density at radius 1 is 1.14 bits per heavy atom. The molecule has 0 unspecified atom stereocenters. The predicted octanol–water partition coefficient (Wildman–Crippen LogP) is 3.92. The van der Waals surface area contributed by atoms with Crippen molar-refractivity contribution in [3.8, 4) is 28.3 Å². The number of methoxy groups -OCH3 is 1. The van der Waals surface area contributed by atoms with E-state index in [0.29, 0.717) is 18.0 Å². The lowest BCUT2D eigenvalue weighted by molar-refractivity contribution is 0.156. The number of anilines is 1. The van der Waals surface area contributed by atoms with Crippen LogP contribution in [0.3, 0.4) is 0 Å². The van der Waals surface area contributed by atoms with Gasteiger partial charge in [-0.15, -0.1) is 0 Å². The molecule has 35 heavy (non-hydrogen) atoms. The lowest BCUT2D eigenvalue weighted by Gasteiger charge is -2.38. The number of piperazine rings is 1. The second-order valence-electron chi connectivity index (χ2n) is 8.83. The summed E-state index contributed by atoms with van der Waals surface area (Å²) < 4.78 is 7.39. The number of amides is 2. The molecule has 0 bridgehead atoms. The molecule has 1 aliphatic heterocycles. The van der Waals surface area contributed by atoms with Crippen LogP contribution in [0.4, 0.5) is 10.5 Å². The number of hydrogen-bond acceptors (Lipinski definition) is 6. The summed E-state index contributed by atoms with van der Waals surface area (Å²) in [6, 6.07) is 13.9. The lowest BCUT2D eigenvalue weighted by Crippen LogP contribution is -2.58. The molecular formula is C26H29N7O2. The standard InChI is InChI=1S/C26H29N7O2/c1-16-17(2)33(11-10-27-16)26(34)30-22-12-19-21(13-23(22)35-4)28-15-29-25(19)20-14-32(3)31-24(20)18-8-6-5-7-9-18/h5-9,12-17,27H,10-11H2,1-4H3,(H,30,34)/t16-,17+/m1/s1. The number of nitrogens with one attached hydrogen (secondary N) is 2. The number of rotatable bonds is 4. The van der Waals surface area contributed by atoms with Crippen LogP contribution in [0.25, 0.3) is 33.4 Å². The smallest absolute Gasteiger partial charge is 0.322 e. The molecule has 0 spiro atoms. The molecule has 180 valence electrons. The first kappa shape index (κ1) is 22.8. The first-order chi connectivity index (χ1) is 17.0. The van der Waals surface area contributed by atoms with Gasteiger partial charge in [0.25, 0.3) is 0 Å². The Kier molecular flexibility index (Phi) is 6.08. The molecule has 0 radical (unpaired) electrons. The molecule has 2 aromatic carbocycles. The van der Waals surface area contributed by atoms with Gasteiger partial charge in [0.1, 0.15) is 17.8 Å². The highest BCUT2D eigenvalue weighted by Crippen LogP contribution is 2.37. The minimum absolute atomic E-state index is 0.0675. The van der Waals surface area contributed by atoms with Gasteiger partial charge >= 0.3 is 6.03 Å². The molecule has 2 amide bonds. The van der Waals surface area contributed by atoms with Crippen molar-refractivity contribution >= 4 is 22.6 Å². The molecule has 2 N–H and O–H groups in total. The largest absolute Gasteiger partial charge is 0.494 e. The van der Waals surface area contributed by atoms with Crippen molar-refractivity contribution in [1.29, 1.82) is 0 Å². The Bertz CT molecular complexity index is 1370. The number of aromatic nitrogens is 4. The van der Waals surface area contributed by atoms with E-state index in [1.807, 2.05) is 67.5 Å². The number of urea groups is 1. The van der Waals surface area contributed by atoms with Crippen LogP contribution in [-0.2, 0) is 7.05 Å². The summed E-state index contributed by atoms with van der Waals surface area (Å²) in [5.41, 5.74) is 4.75. The Balaban J connectivity index is 1.59. The average molecular weight is 472 g/mol. The summed E-state index contributed by atoms with van der Waals surface area (Å²) in [6.07, 6.45) is 3.50. The maximum Gasteiger partial charge on any atom is 0.322 e. The van der Waals surface area contributed by atoms with Crippen LogP contribution in [0, 0.1) is 0 Å². The summed E-state index contributed by atoms with van der Waals surface area (Å²) in [7, 11) is 3.48. The van der Waals surface area contributed by atoms with Crippen molar-refractivity contribution in [2.45, 2.75) is 25.9 Å². The molecule has 1 saturated heterocycles. The van der Waals surface area contributed by atoms with Crippen molar-refractivity contribution in [3.63, 3.8) is 0 Å². The van der Waals surface area contributed by atoms with E-state index in [4.69, 9.17) is 9.84 Å². The monoisotopic (exact) mass is 471 g/mol. The van der Waals surface area contributed by atoms with E-state index >= 15 is 0 Å². The topological polar surface area (TPSA) is 97.2 Å². The van der Waals surface area contributed by atoms with Gasteiger partial charge in [0, 0.05) is 61.0 Å². The number of ether oxygens (including phenoxy) is 1. The third kappa shape index (κ3) is 4.30. The molecule has 0 aliphatic carbocycles. The van der Waals surface area contributed by atoms with Crippen LogP contribution in [0.2, 0.25) is 0 Å². The van der Waals surface area contributed by atoms with Gasteiger partial charge in [-0.05, 0) is 19.9 Å². The summed E-state index contributed by atoms with van der Waals surface area (Å²) in [5, 5.41) is 12.0. The first-order valence-electron chi connectivity index (χ1n) is 11.7.